The van der Waals surface area contributed by atoms with Crippen molar-refractivity contribution in [2.75, 3.05) is 32.7 Å². The molecule has 3 unspecified atom stereocenters. The Morgan fingerprint density at radius 1 is 1.22 bits per heavy atom. The number of hydrazone groups is 1. The summed E-state index contributed by atoms with van der Waals surface area (Å²) in [6.07, 6.45) is 17.2. The Morgan fingerprint density at radius 3 is 2.88 bits per heavy atom. The van der Waals surface area contributed by atoms with Gasteiger partial charge in [0.1, 0.15) is 0 Å². The van der Waals surface area contributed by atoms with Crippen LogP contribution in [0.5, 0.6) is 0 Å². The second-order valence-electron chi connectivity index (χ2n) is 11.9. The van der Waals surface area contributed by atoms with Crippen LogP contribution in [0.25, 0.3) is 0 Å². The summed E-state index contributed by atoms with van der Waals surface area (Å²) < 4.78 is 0. The SMILES string of the molecule is CCC1=NN(Cc2cccc(C)n2)C2=CC=CC(C)(NC(=O)C3=CN=C4C=C(CN5CCNCC5)C=CC4CC3)C21. The average Bonchev–Trinajstić information content (AvgIpc) is 3.19. The fourth-order valence-corrected chi connectivity index (χ4v) is 6.54. The van der Waals surface area contributed by atoms with E-state index in [0.717, 1.165) is 79.6 Å². The maximum atomic E-state index is 13.7. The molecule has 1 aromatic heterocycles. The Kier molecular flexibility index (Phi) is 7.86. The number of aromatic nitrogens is 1. The predicted octanol–water partition coefficient (Wildman–Crippen LogP) is 4.05. The smallest absolute Gasteiger partial charge is 0.249 e. The molecule has 0 saturated carbocycles. The van der Waals surface area contributed by atoms with Crippen LogP contribution in [-0.2, 0) is 11.3 Å². The number of nitrogens with one attached hydrogen (secondary N) is 2. The van der Waals surface area contributed by atoms with Crippen molar-refractivity contribution in [2.45, 2.75) is 52.1 Å². The summed E-state index contributed by atoms with van der Waals surface area (Å²) in [5.74, 6) is 0.176. The molecule has 214 valence electrons. The Bertz CT molecular complexity index is 1410. The molecule has 4 heterocycles. The summed E-state index contributed by atoms with van der Waals surface area (Å²) in [6.45, 7) is 12.0. The number of hydrogen-bond acceptors (Lipinski definition) is 7. The number of amides is 1. The Balaban J connectivity index is 1.16. The fourth-order valence-electron chi connectivity index (χ4n) is 6.54. The lowest BCUT2D eigenvalue weighted by Gasteiger charge is -2.38. The molecule has 5 aliphatic rings. The summed E-state index contributed by atoms with van der Waals surface area (Å²) in [5.41, 5.74) is 6.65. The van der Waals surface area contributed by atoms with Gasteiger partial charge in [-0.15, -0.1) is 0 Å². The lowest BCUT2D eigenvalue weighted by Crippen LogP contribution is -2.54. The highest BCUT2D eigenvalue weighted by molar-refractivity contribution is 6.02. The standard InChI is InChI=1S/C33H41N7O/c1-4-28-31-30(40(38-28)22-27-8-5-7-23(2)36-27)9-6-14-33(31,3)37-32(41)26-13-12-25-11-10-24(19-29(25)35-20-26)21-39-17-15-34-16-18-39/h5-11,14,19-20,25,31,34H,4,12-13,15-18,21-22H2,1-3H3,(H,37,41). The number of pyridine rings is 1. The van der Waals surface area contributed by atoms with Crippen LogP contribution in [0.4, 0.5) is 0 Å². The summed E-state index contributed by atoms with van der Waals surface area (Å²) in [7, 11) is 0. The molecule has 8 heteroatoms. The van der Waals surface area contributed by atoms with Gasteiger partial charge in [0.15, 0.2) is 0 Å². The molecule has 3 atom stereocenters. The molecule has 0 spiro atoms. The van der Waals surface area contributed by atoms with Crippen molar-refractivity contribution in [3.05, 3.63) is 89.1 Å². The second-order valence-corrected chi connectivity index (χ2v) is 11.9. The van der Waals surface area contributed by atoms with E-state index in [4.69, 9.17) is 10.1 Å². The average molecular weight is 552 g/mol. The zero-order chi connectivity index (χ0) is 28.4. The molecular weight excluding hydrogens is 510 g/mol. The van der Waals surface area contributed by atoms with Crippen molar-refractivity contribution < 1.29 is 4.79 Å². The van der Waals surface area contributed by atoms with Crippen LogP contribution < -0.4 is 10.6 Å². The quantitative estimate of drug-likeness (QED) is 0.534. The first kappa shape index (κ1) is 27.5. The summed E-state index contributed by atoms with van der Waals surface area (Å²) in [4.78, 5) is 25.7. The van der Waals surface area contributed by atoms with E-state index in [1.54, 1.807) is 6.20 Å². The minimum atomic E-state index is -0.589. The van der Waals surface area contributed by atoms with E-state index >= 15 is 0 Å². The van der Waals surface area contributed by atoms with Crippen molar-refractivity contribution in [2.24, 2.45) is 21.9 Å². The van der Waals surface area contributed by atoms with Gasteiger partial charge < -0.3 is 10.6 Å². The number of aryl methyl sites for hydroxylation is 1. The van der Waals surface area contributed by atoms with Gasteiger partial charge in [0, 0.05) is 73.2 Å². The zero-order valence-electron chi connectivity index (χ0n) is 24.4. The maximum absolute atomic E-state index is 13.7. The van der Waals surface area contributed by atoms with Crippen molar-refractivity contribution in [1.29, 1.82) is 0 Å². The van der Waals surface area contributed by atoms with Crippen LogP contribution in [0.1, 0.15) is 44.5 Å². The van der Waals surface area contributed by atoms with Crippen LogP contribution in [0, 0.1) is 18.8 Å². The first-order valence-corrected chi connectivity index (χ1v) is 15.0. The Hall–Kier alpha value is -3.62. The second kappa shape index (κ2) is 11.7. The molecule has 6 rings (SSSR count). The highest BCUT2D eigenvalue weighted by Crippen LogP contribution is 2.40. The Morgan fingerprint density at radius 2 is 2.07 bits per heavy atom. The molecule has 0 bridgehead atoms. The summed E-state index contributed by atoms with van der Waals surface area (Å²) in [6, 6.07) is 6.08. The largest absolute Gasteiger partial charge is 0.343 e. The number of piperazine rings is 1. The van der Waals surface area contributed by atoms with E-state index in [-0.39, 0.29) is 17.7 Å². The Labute approximate surface area is 243 Å². The van der Waals surface area contributed by atoms with Gasteiger partial charge in [-0.3, -0.25) is 24.7 Å². The third kappa shape index (κ3) is 5.90. The highest BCUT2D eigenvalue weighted by Gasteiger charge is 2.46. The van der Waals surface area contributed by atoms with Crippen LogP contribution in [0.3, 0.4) is 0 Å². The predicted molar refractivity (Wildman–Crippen MR) is 164 cm³/mol. The number of rotatable bonds is 7. The maximum Gasteiger partial charge on any atom is 0.249 e. The van der Waals surface area contributed by atoms with E-state index in [9.17, 15) is 4.79 Å². The van der Waals surface area contributed by atoms with Crippen molar-refractivity contribution >= 4 is 17.3 Å². The molecule has 1 amide bonds. The van der Waals surface area contributed by atoms with Gasteiger partial charge in [-0.25, -0.2) is 0 Å². The summed E-state index contributed by atoms with van der Waals surface area (Å²) >= 11 is 0. The number of aliphatic imine (C=N–C) groups is 1. The number of allylic oxidation sites excluding steroid dienone is 4. The van der Waals surface area contributed by atoms with Gasteiger partial charge in [-0.05, 0) is 63.0 Å². The van der Waals surface area contributed by atoms with E-state index < -0.39 is 5.54 Å². The molecule has 1 aromatic rings. The monoisotopic (exact) mass is 551 g/mol. The minimum Gasteiger partial charge on any atom is -0.343 e. The topological polar surface area (TPSA) is 85.2 Å². The zero-order valence-corrected chi connectivity index (χ0v) is 24.4. The third-order valence-corrected chi connectivity index (χ3v) is 8.75. The number of nitrogens with zero attached hydrogens (tertiary/aromatic N) is 5. The third-order valence-electron chi connectivity index (χ3n) is 8.75. The molecular formula is C33H41N7O. The number of fused-ring (bicyclic) bond motifs is 2. The van der Waals surface area contributed by atoms with Crippen LogP contribution in [-0.4, -0.2) is 70.5 Å². The van der Waals surface area contributed by atoms with Crippen molar-refractivity contribution in [1.82, 2.24) is 25.5 Å². The minimum absolute atomic E-state index is 0.0232. The van der Waals surface area contributed by atoms with E-state index in [0.29, 0.717) is 13.0 Å². The van der Waals surface area contributed by atoms with Gasteiger partial charge in [-0.2, -0.15) is 5.10 Å². The number of carbonyl (C=O) groups is 1. The van der Waals surface area contributed by atoms with E-state index in [1.165, 1.54) is 5.57 Å². The first-order valence-electron chi connectivity index (χ1n) is 15.0. The highest BCUT2D eigenvalue weighted by atomic mass is 16.1. The molecule has 2 aliphatic carbocycles. The summed E-state index contributed by atoms with van der Waals surface area (Å²) in [5, 5.41) is 13.9. The van der Waals surface area contributed by atoms with Crippen molar-refractivity contribution in [3.8, 4) is 0 Å². The van der Waals surface area contributed by atoms with E-state index in [1.807, 2.05) is 31.2 Å². The van der Waals surface area contributed by atoms with Gasteiger partial charge >= 0.3 is 0 Å². The molecule has 0 aromatic carbocycles. The van der Waals surface area contributed by atoms with Gasteiger partial charge in [0.05, 0.1) is 23.7 Å². The molecule has 1 saturated heterocycles. The molecule has 2 N–H and O–H groups in total. The number of carbonyl (C=O) groups excluding carboxylic acids is 1. The van der Waals surface area contributed by atoms with Crippen LogP contribution in [0.2, 0.25) is 0 Å². The molecule has 3 aliphatic heterocycles. The number of hydrogen-bond donors (Lipinski definition) is 2. The normalized spacial score (nSPS) is 27.6. The lowest BCUT2D eigenvalue weighted by atomic mass is 9.76. The van der Waals surface area contributed by atoms with Crippen LogP contribution in [0.15, 0.2) is 87.8 Å². The van der Waals surface area contributed by atoms with Gasteiger partial charge in [0.2, 0.25) is 5.91 Å². The molecule has 8 nitrogen and oxygen atoms in total. The van der Waals surface area contributed by atoms with Gasteiger partial charge in [0.25, 0.3) is 0 Å². The van der Waals surface area contributed by atoms with Gasteiger partial charge in [-0.1, -0.05) is 37.3 Å². The molecule has 0 radical (unpaired) electrons. The van der Waals surface area contributed by atoms with Crippen molar-refractivity contribution in [3.63, 3.8) is 0 Å². The lowest BCUT2D eigenvalue weighted by molar-refractivity contribution is -0.119. The van der Waals surface area contributed by atoms with Crippen LogP contribution >= 0.6 is 0 Å². The molecule has 1 fully saturated rings. The molecule has 41 heavy (non-hydrogen) atoms. The first-order chi connectivity index (χ1) is 19.9. The van der Waals surface area contributed by atoms with E-state index in [2.05, 4.69) is 69.8 Å². The fraction of sp³-hybridized carbons (Fsp3) is 0.455.